The molecule has 3 aliphatic heterocycles. The summed E-state index contributed by atoms with van der Waals surface area (Å²) in [7, 11) is 2.26. The number of carbonyl (C=O) groups excluding carboxylic acids is 1. The fourth-order valence-electron chi connectivity index (χ4n) is 4.33. The molecule has 4 heteroatoms. The van der Waals surface area contributed by atoms with E-state index in [0.717, 1.165) is 38.3 Å². The molecule has 0 aromatic carbocycles. The number of nitrogens with one attached hydrogen (secondary N) is 2. The van der Waals surface area contributed by atoms with Crippen LogP contribution >= 0.6 is 0 Å². The van der Waals surface area contributed by atoms with Gasteiger partial charge in [0.1, 0.15) is 0 Å². The van der Waals surface area contributed by atoms with Gasteiger partial charge in [0, 0.05) is 24.5 Å². The normalized spacial score (nSPS) is 37.9. The molecule has 3 aliphatic rings. The quantitative estimate of drug-likeness (QED) is 0.820. The summed E-state index contributed by atoms with van der Waals surface area (Å²) in [5, 5.41) is 6.68. The van der Waals surface area contributed by atoms with Crippen LogP contribution in [0.4, 0.5) is 0 Å². The maximum atomic E-state index is 12.1. The van der Waals surface area contributed by atoms with Crippen LogP contribution in [0.15, 0.2) is 0 Å². The van der Waals surface area contributed by atoms with Crippen molar-refractivity contribution in [1.82, 2.24) is 15.5 Å². The molecule has 4 nitrogen and oxygen atoms in total. The van der Waals surface area contributed by atoms with Crippen LogP contribution in [0.25, 0.3) is 0 Å². The Kier molecular flexibility index (Phi) is 4.61. The molecule has 3 unspecified atom stereocenters. The van der Waals surface area contributed by atoms with Gasteiger partial charge in [-0.2, -0.15) is 0 Å². The summed E-state index contributed by atoms with van der Waals surface area (Å²) in [6, 6.07) is 1.83. The molecule has 114 valence electrons. The van der Waals surface area contributed by atoms with Crippen molar-refractivity contribution in [1.29, 1.82) is 0 Å². The minimum Gasteiger partial charge on any atom is -0.353 e. The van der Waals surface area contributed by atoms with Crippen molar-refractivity contribution < 1.29 is 4.79 Å². The molecule has 1 amide bonds. The number of hydrogen-bond donors (Lipinski definition) is 2. The zero-order chi connectivity index (χ0) is 13.9. The SMILES string of the molecule is CN1C2CCCC1CC(NC(=O)CCC1CCNC1)C2. The Balaban J connectivity index is 1.42. The van der Waals surface area contributed by atoms with Crippen molar-refractivity contribution in [2.24, 2.45) is 5.92 Å². The van der Waals surface area contributed by atoms with Crippen LogP contribution in [0.3, 0.4) is 0 Å². The molecule has 0 radical (unpaired) electrons. The zero-order valence-corrected chi connectivity index (χ0v) is 12.7. The summed E-state index contributed by atoms with van der Waals surface area (Å²) >= 11 is 0. The summed E-state index contributed by atoms with van der Waals surface area (Å²) < 4.78 is 0. The van der Waals surface area contributed by atoms with E-state index in [2.05, 4.69) is 22.6 Å². The van der Waals surface area contributed by atoms with Gasteiger partial charge in [0.15, 0.2) is 0 Å². The number of amides is 1. The van der Waals surface area contributed by atoms with Gasteiger partial charge in [0.05, 0.1) is 0 Å². The van der Waals surface area contributed by atoms with Gasteiger partial charge in [-0.05, 0) is 64.6 Å². The fourth-order valence-corrected chi connectivity index (χ4v) is 4.33. The second-order valence-electron chi connectivity index (χ2n) is 7.04. The lowest BCUT2D eigenvalue weighted by molar-refractivity contribution is -0.122. The van der Waals surface area contributed by atoms with Crippen LogP contribution in [0.1, 0.15) is 51.4 Å². The Morgan fingerprint density at radius 3 is 2.65 bits per heavy atom. The Labute approximate surface area is 122 Å². The van der Waals surface area contributed by atoms with Crippen molar-refractivity contribution in [3.63, 3.8) is 0 Å². The van der Waals surface area contributed by atoms with Crippen LogP contribution in [-0.2, 0) is 4.79 Å². The minimum absolute atomic E-state index is 0.282. The largest absolute Gasteiger partial charge is 0.353 e. The number of fused-ring (bicyclic) bond motifs is 2. The highest BCUT2D eigenvalue weighted by atomic mass is 16.1. The molecule has 3 fully saturated rings. The lowest BCUT2D eigenvalue weighted by Gasteiger charge is -2.47. The first-order chi connectivity index (χ1) is 9.72. The van der Waals surface area contributed by atoms with E-state index < -0.39 is 0 Å². The lowest BCUT2D eigenvalue weighted by Crippen LogP contribution is -2.55. The van der Waals surface area contributed by atoms with Crippen molar-refractivity contribution >= 4 is 5.91 Å². The molecule has 0 aromatic rings. The summed E-state index contributed by atoms with van der Waals surface area (Å²) in [6.07, 6.45) is 9.32. The third kappa shape index (κ3) is 3.34. The maximum Gasteiger partial charge on any atom is 0.220 e. The molecular weight excluding hydrogens is 250 g/mol. The molecule has 0 spiro atoms. The summed E-state index contributed by atoms with van der Waals surface area (Å²) in [4.78, 5) is 14.7. The van der Waals surface area contributed by atoms with E-state index in [0.29, 0.717) is 24.5 Å². The van der Waals surface area contributed by atoms with E-state index in [1.165, 1.54) is 25.7 Å². The first-order valence-electron chi connectivity index (χ1n) is 8.44. The van der Waals surface area contributed by atoms with Crippen LogP contribution in [0, 0.1) is 5.92 Å². The number of hydrogen-bond acceptors (Lipinski definition) is 3. The van der Waals surface area contributed by atoms with Crippen LogP contribution < -0.4 is 10.6 Å². The van der Waals surface area contributed by atoms with Gasteiger partial charge in [-0.1, -0.05) is 6.42 Å². The van der Waals surface area contributed by atoms with E-state index in [1.54, 1.807) is 0 Å². The van der Waals surface area contributed by atoms with Gasteiger partial charge in [0.2, 0.25) is 5.91 Å². The number of rotatable bonds is 4. The molecule has 2 bridgehead atoms. The van der Waals surface area contributed by atoms with E-state index in [1.807, 2.05) is 0 Å². The molecule has 20 heavy (non-hydrogen) atoms. The molecule has 0 aliphatic carbocycles. The smallest absolute Gasteiger partial charge is 0.220 e. The second kappa shape index (κ2) is 6.44. The predicted octanol–water partition coefficient (Wildman–Crippen LogP) is 1.51. The van der Waals surface area contributed by atoms with Gasteiger partial charge < -0.3 is 15.5 Å². The first-order valence-corrected chi connectivity index (χ1v) is 8.44. The third-order valence-electron chi connectivity index (χ3n) is 5.65. The average molecular weight is 279 g/mol. The molecular formula is C16H29N3O. The van der Waals surface area contributed by atoms with Crippen LogP contribution in [-0.4, -0.2) is 49.1 Å². The van der Waals surface area contributed by atoms with Crippen molar-refractivity contribution in [2.45, 2.75) is 69.5 Å². The molecule has 2 N–H and O–H groups in total. The van der Waals surface area contributed by atoms with Gasteiger partial charge in [-0.3, -0.25) is 4.79 Å². The molecule has 0 saturated carbocycles. The predicted molar refractivity (Wildman–Crippen MR) is 80.6 cm³/mol. The Morgan fingerprint density at radius 2 is 2.00 bits per heavy atom. The summed E-state index contributed by atoms with van der Waals surface area (Å²) in [5.41, 5.74) is 0. The Bertz CT molecular complexity index is 327. The standard InChI is InChI=1S/C16H29N3O/c1-19-14-3-2-4-15(19)10-13(9-14)18-16(20)6-5-12-7-8-17-11-12/h12-15,17H,2-11H2,1H3,(H,18,20). The maximum absolute atomic E-state index is 12.1. The van der Waals surface area contributed by atoms with Gasteiger partial charge in [-0.15, -0.1) is 0 Å². The topological polar surface area (TPSA) is 44.4 Å². The number of piperidine rings is 2. The van der Waals surface area contributed by atoms with E-state index in [4.69, 9.17) is 0 Å². The summed E-state index contributed by atoms with van der Waals surface area (Å²) in [6.45, 7) is 2.23. The molecule has 3 saturated heterocycles. The highest BCUT2D eigenvalue weighted by molar-refractivity contribution is 5.76. The Hall–Kier alpha value is -0.610. The lowest BCUT2D eigenvalue weighted by atomic mass is 9.82. The third-order valence-corrected chi connectivity index (χ3v) is 5.65. The van der Waals surface area contributed by atoms with E-state index >= 15 is 0 Å². The van der Waals surface area contributed by atoms with E-state index in [9.17, 15) is 4.79 Å². The molecule has 0 aromatic heterocycles. The van der Waals surface area contributed by atoms with Crippen molar-refractivity contribution in [3.05, 3.63) is 0 Å². The molecule has 3 heterocycles. The van der Waals surface area contributed by atoms with Gasteiger partial charge in [0.25, 0.3) is 0 Å². The van der Waals surface area contributed by atoms with Crippen molar-refractivity contribution in [2.75, 3.05) is 20.1 Å². The average Bonchev–Trinajstić information content (AvgIpc) is 2.91. The van der Waals surface area contributed by atoms with Gasteiger partial charge in [-0.25, -0.2) is 0 Å². The second-order valence-corrected chi connectivity index (χ2v) is 7.04. The monoisotopic (exact) mass is 279 g/mol. The number of carbonyl (C=O) groups is 1. The summed E-state index contributed by atoms with van der Waals surface area (Å²) in [5.74, 6) is 1.00. The Morgan fingerprint density at radius 1 is 1.25 bits per heavy atom. The molecule has 3 atom stereocenters. The highest BCUT2D eigenvalue weighted by Crippen LogP contribution is 2.32. The van der Waals surface area contributed by atoms with Crippen LogP contribution in [0.5, 0.6) is 0 Å². The first kappa shape index (κ1) is 14.3. The minimum atomic E-state index is 0.282. The fraction of sp³-hybridized carbons (Fsp3) is 0.938. The zero-order valence-electron chi connectivity index (χ0n) is 12.7. The van der Waals surface area contributed by atoms with E-state index in [-0.39, 0.29) is 5.91 Å². The number of nitrogens with zero attached hydrogens (tertiary/aromatic N) is 1. The van der Waals surface area contributed by atoms with Gasteiger partial charge >= 0.3 is 0 Å². The molecule has 3 rings (SSSR count). The highest BCUT2D eigenvalue weighted by Gasteiger charge is 2.36. The van der Waals surface area contributed by atoms with Crippen molar-refractivity contribution in [3.8, 4) is 0 Å². The van der Waals surface area contributed by atoms with Crippen LogP contribution in [0.2, 0.25) is 0 Å².